The summed E-state index contributed by atoms with van der Waals surface area (Å²) in [4.78, 5) is 21.7. The molecule has 0 aromatic heterocycles. The minimum absolute atomic E-state index is 0.314. The Labute approximate surface area is 81.4 Å². The van der Waals surface area contributed by atoms with Gasteiger partial charge in [0.1, 0.15) is 0 Å². The van der Waals surface area contributed by atoms with Crippen molar-refractivity contribution in [1.82, 2.24) is 5.32 Å². The van der Waals surface area contributed by atoms with E-state index in [4.69, 9.17) is 4.74 Å². The quantitative estimate of drug-likeness (QED) is 0.688. The molecule has 1 unspecified atom stereocenters. The third-order valence-electron chi connectivity index (χ3n) is 1.67. The molecule has 1 aliphatic rings. The summed E-state index contributed by atoms with van der Waals surface area (Å²) in [6.45, 7) is 2.65. The third kappa shape index (κ3) is 3.36. The number of ether oxygens (including phenoxy) is 1. The molecule has 0 aromatic rings. The average Bonchev–Trinajstić information content (AvgIpc) is 2.39. The second-order valence-corrected chi connectivity index (χ2v) is 3.84. The molecule has 4 nitrogen and oxygen atoms in total. The fraction of sp³-hybridized carbons (Fsp3) is 0.750. The van der Waals surface area contributed by atoms with Crippen LogP contribution in [0.4, 0.5) is 4.79 Å². The monoisotopic (exact) mass is 203 g/mol. The number of thioether (sulfide) groups is 1. The first-order valence-corrected chi connectivity index (χ1v) is 5.25. The summed E-state index contributed by atoms with van der Waals surface area (Å²) in [5, 5.41) is 1.85. The normalized spacial score (nSPS) is 22.1. The van der Waals surface area contributed by atoms with Crippen molar-refractivity contribution in [2.24, 2.45) is 0 Å². The van der Waals surface area contributed by atoms with Crippen LogP contribution in [0.15, 0.2) is 0 Å². The number of carbonyl (C=O) groups excluding carboxylic acids is 2. The Bertz CT molecular complexity index is 208. The Hall–Kier alpha value is -0.550. The number of amides is 2. The minimum atomic E-state index is -0.621. The fourth-order valence-corrected chi connectivity index (χ4v) is 1.68. The van der Waals surface area contributed by atoms with Crippen LogP contribution in [-0.2, 0) is 9.53 Å². The summed E-state index contributed by atoms with van der Waals surface area (Å²) < 4.78 is 5.22. The van der Waals surface area contributed by atoms with Gasteiger partial charge >= 0.3 is 0 Å². The molecule has 0 aromatic carbocycles. The molecule has 1 saturated heterocycles. The van der Waals surface area contributed by atoms with Crippen molar-refractivity contribution < 1.29 is 14.3 Å². The largest absolute Gasteiger partial charge is 0.357 e. The predicted octanol–water partition coefficient (Wildman–Crippen LogP) is 1.50. The highest BCUT2D eigenvalue weighted by Crippen LogP contribution is 2.20. The van der Waals surface area contributed by atoms with Crippen molar-refractivity contribution in [3.63, 3.8) is 0 Å². The molecule has 74 valence electrons. The molecule has 1 N–H and O–H groups in total. The van der Waals surface area contributed by atoms with Crippen molar-refractivity contribution in [3.8, 4) is 0 Å². The van der Waals surface area contributed by atoms with Gasteiger partial charge in [0.25, 0.3) is 11.1 Å². The second-order valence-electron chi connectivity index (χ2n) is 2.80. The molecule has 5 heteroatoms. The molecule has 1 aliphatic heterocycles. The molecule has 0 saturated carbocycles. The standard InChI is InChI=1S/C8H13NO3S/c1-2-3-4-5-12-7-6(10)9-8(11)13-7/h7H,2-5H2,1H3,(H,9,10,11). The first-order valence-electron chi connectivity index (χ1n) is 4.37. The van der Waals surface area contributed by atoms with Crippen molar-refractivity contribution in [2.75, 3.05) is 6.61 Å². The van der Waals surface area contributed by atoms with E-state index in [1.54, 1.807) is 0 Å². The molecule has 2 amide bonds. The zero-order valence-corrected chi connectivity index (χ0v) is 8.36. The van der Waals surface area contributed by atoms with Gasteiger partial charge in [0.05, 0.1) is 0 Å². The van der Waals surface area contributed by atoms with Crippen molar-refractivity contribution in [1.29, 1.82) is 0 Å². The number of imide groups is 1. The third-order valence-corrected chi connectivity index (χ3v) is 2.55. The minimum Gasteiger partial charge on any atom is -0.357 e. The maximum absolute atomic E-state index is 11.0. The molecular formula is C8H13NO3S. The van der Waals surface area contributed by atoms with E-state index in [1.165, 1.54) is 0 Å². The molecule has 0 spiro atoms. The van der Waals surface area contributed by atoms with Gasteiger partial charge in [0.2, 0.25) is 0 Å². The van der Waals surface area contributed by atoms with Gasteiger partial charge in [-0.2, -0.15) is 0 Å². The van der Waals surface area contributed by atoms with Gasteiger partial charge in [0, 0.05) is 6.61 Å². The number of hydrogen-bond donors (Lipinski definition) is 1. The van der Waals surface area contributed by atoms with Crippen LogP contribution < -0.4 is 5.32 Å². The second kappa shape index (κ2) is 5.24. The highest BCUT2D eigenvalue weighted by molar-refractivity contribution is 8.15. The summed E-state index contributed by atoms with van der Waals surface area (Å²) >= 11 is 0.910. The summed E-state index contributed by atoms with van der Waals surface area (Å²) in [6.07, 6.45) is 3.15. The lowest BCUT2D eigenvalue weighted by Crippen LogP contribution is -2.26. The van der Waals surface area contributed by atoms with Gasteiger partial charge in [0.15, 0.2) is 5.44 Å². The fourth-order valence-electron chi connectivity index (χ4n) is 0.992. The van der Waals surface area contributed by atoms with E-state index in [2.05, 4.69) is 12.2 Å². The van der Waals surface area contributed by atoms with Gasteiger partial charge < -0.3 is 4.74 Å². The Kier molecular flexibility index (Phi) is 4.24. The van der Waals surface area contributed by atoms with E-state index in [0.29, 0.717) is 6.61 Å². The Morgan fingerprint density at radius 3 is 2.77 bits per heavy atom. The van der Waals surface area contributed by atoms with Gasteiger partial charge in [-0.05, 0) is 18.2 Å². The SMILES string of the molecule is CCCCCOC1SC(=O)NC1=O. The molecule has 0 bridgehead atoms. The number of carbonyl (C=O) groups is 2. The summed E-state index contributed by atoms with van der Waals surface area (Å²) in [5.74, 6) is -0.327. The van der Waals surface area contributed by atoms with Gasteiger partial charge in [-0.25, -0.2) is 0 Å². The van der Waals surface area contributed by atoms with Crippen molar-refractivity contribution in [3.05, 3.63) is 0 Å². The lowest BCUT2D eigenvalue weighted by molar-refractivity contribution is -0.125. The summed E-state index contributed by atoms with van der Waals surface area (Å²) in [5.41, 5.74) is -0.621. The lowest BCUT2D eigenvalue weighted by Gasteiger charge is -2.05. The smallest absolute Gasteiger partial charge is 0.288 e. The van der Waals surface area contributed by atoms with Crippen molar-refractivity contribution >= 4 is 22.9 Å². The Balaban J connectivity index is 2.14. The molecule has 0 aliphatic carbocycles. The van der Waals surface area contributed by atoms with Gasteiger partial charge in [-0.15, -0.1) is 0 Å². The van der Waals surface area contributed by atoms with Crippen LogP contribution in [0.25, 0.3) is 0 Å². The van der Waals surface area contributed by atoms with E-state index in [0.717, 1.165) is 31.0 Å². The van der Waals surface area contributed by atoms with Crippen LogP contribution in [0.5, 0.6) is 0 Å². The number of nitrogens with one attached hydrogen (secondary N) is 1. The van der Waals surface area contributed by atoms with E-state index >= 15 is 0 Å². The predicted molar refractivity (Wildman–Crippen MR) is 50.4 cm³/mol. The number of rotatable bonds is 5. The van der Waals surface area contributed by atoms with Crippen LogP contribution in [0.2, 0.25) is 0 Å². The summed E-state index contributed by atoms with van der Waals surface area (Å²) in [7, 11) is 0. The highest BCUT2D eigenvalue weighted by atomic mass is 32.2. The first kappa shape index (κ1) is 10.5. The molecule has 1 fully saturated rings. The lowest BCUT2D eigenvalue weighted by atomic mass is 10.3. The molecular weight excluding hydrogens is 190 g/mol. The topological polar surface area (TPSA) is 55.4 Å². The van der Waals surface area contributed by atoms with Crippen LogP contribution in [-0.4, -0.2) is 23.2 Å². The maximum atomic E-state index is 11.0. The van der Waals surface area contributed by atoms with Gasteiger partial charge in [-0.3, -0.25) is 14.9 Å². The van der Waals surface area contributed by atoms with E-state index in [-0.39, 0.29) is 11.1 Å². The highest BCUT2D eigenvalue weighted by Gasteiger charge is 2.31. The zero-order chi connectivity index (χ0) is 9.68. The Morgan fingerprint density at radius 2 is 2.23 bits per heavy atom. The molecule has 13 heavy (non-hydrogen) atoms. The number of hydrogen-bond acceptors (Lipinski definition) is 4. The summed E-state index contributed by atoms with van der Waals surface area (Å²) in [6, 6.07) is 0. The van der Waals surface area contributed by atoms with E-state index in [1.807, 2.05) is 0 Å². The molecule has 1 rings (SSSR count). The van der Waals surface area contributed by atoms with Crippen LogP contribution in [0.1, 0.15) is 26.2 Å². The molecule has 1 atom stereocenters. The zero-order valence-electron chi connectivity index (χ0n) is 7.54. The Morgan fingerprint density at radius 1 is 1.46 bits per heavy atom. The first-order chi connectivity index (χ1) is 6.24. The van der Waals surface area contributed by atoms with Crippen molar-refractivity contribution in [2.45, 2.75) is 31.6 Å². The van der Waals surface area contributed by atoms with E-state index in [9.17, 15) is 9.59 Å². The van der Waals surface area contributed by atoms with Gasteiger partial charge in [-0.1, -0.05) is 19.8 Å². The average molecular weight is 203 g/mol. The molecule has 1 heterocycles. The van der Waals surface area contributed by atoms with E-state index < -0.39 is 5.44 Å². The maximum Gasteiger partial charge on any atom is 0.288 e. The molecule has 0 radical (unpaired) electrons. The van der Waals surface area contributed by atoms with Crippen LogP contribution >= 0.6 is 11.8 Å². The number of unbranched alkanes of at least 4 members (excludes halogenated alkanes) is 2. The van der Waals surface area contributed by atoms with Crippen LogP contribution in [0.3, 0.4) is 0 Å². The van der Waals surface area contributed by atoms with Crippen LogP contribution in [0, 0.1) is 0 Å².